The van der Waals surface area contributed by atoms with Crippen molar-refractivity contribution in [2.24, 2.45) is 5.92 Å². The molecule has 2 aliphatic rings. The predicted octanol–water partition coefficient (Wildman–Crippen LogP) is 2.63. The summed E-state index contributed by atoms with van der Waals surface area (Å²) in [4.78, 5) is 26.5. The third kappa shape index (κ3) is 4.32. The van der Waals surface area contributed by atoms with Gasteiger partial charge in [-0.2, -0.15) is 5.26 Å². The predicted molar refractivity (Wildman–Crippen MR) is 116 cm³/mol. The number of fused-ring (bicyclic) bond motifs is 3. The van der Waals surface area contributed by atoms with Crippen LogP contribution >= 0.6 is 11.3 Å². The van der Waals surface area contributed by atoms with E-state index in [1.807, 2.05) is 37.1 Å². The Morgan fingerprint density at radius 2 is 2.10 bits per heavy atom. The van der Waals surface area contributed by atoms with Crippen molar-refractivity contribution in [3.05, 3.63) is 39.0 Å². The Labute approximate surface area is 181 Å². The Morgan fingerprint density at radius 1 is 1.27 bits per heavy atom. The summed E-state index contributed by atoms with van der Waals surface area (Å²) < 4.78 is 5.88. The number of hydrogen-bond acceptors (Lipinski definition) is 7. The smallest absolute Gasteiger partial charge is 0.223 e. The highest BCUT2D eigenvalue weighted by Crippen LogP contribution is 2.28. The number of aromatic nitrogens is 2. The molecule has 2 aromatic heterocycles. The van der Waals surface area contributed by atoms with E-state index in [2.05, 4.69) is 16.0 Å². The minimum absolute atomic E-state index is 0.0451. The van der Waals surface area contributed by atoms with Crippen LogP contribution < -0.4 is 4.90 Å². The van der Waals surface area contributed by atoms with Gasteiger partial charge in [-0.15, -0.1) is 11.3 Å². The van der Waals surface area contributed by atoms with Crippen molar-refractivity contribution in [2.45, 2.75) is 39.7 Å². The number of hydrogen-bond donors (Lipinski definition) is 0. The van der Waals surface area contributed by atoms with Gasteiger partial charge >= 0.3 is 0 Å². The molecule has 2 aliphatic heterocycles. The summed E-state index contributed by atoms with van der Waals surface area (Å²) in [6.07, 6.45) is 1.12. The van der Waals surface area contributed by atoms with Gasteiger partial charge in [0.2, 0.25) is 5.91 Å². The molecule has 0 unspecified atom stereocenters. The zero-order valence-corrected chi connectivity index (χ0v) is 18.5. The first kappa shape index (κ1) is 20.8. The van der Waals surface area contributed by atoms with E-state index in [4.69, 9.17) is 9.72 Å². The van der Waals surface area contributed by atoms with Crippen LogP contribution in [0, 0.1) is 38.0 Å². The van der Waals surface area contributed by atoms with Gasteiger partial charge in [-0.3, -0.25) is 4.79 Å². The second-order valence-corrected chi connectivity index (χ2v) is 9.32. The number of carbonyl (C=O) groups excluding carboxylic acids is 1. The van der Waals surface area contributed by atoms with Gasteiger partial charge in [-0.1, -0.05) is 0 Å². The minimum atomic E-state index is -0.0451. The normalized spacial score (nSPS) is 21.3. The number of ether oxygens (including phenoxy) is 1. The van der Waals surface area contributed by atoms with Gasteiger partial charge < -0.3 is 14.5 Å². The van der Waals surface area contributed by atoms with Crippen molar-refractivity contribution in [1.82, 2.24) is 14.9 Å². The second-order valence-electron chi connectivity index (χ2n) is 8.26. The first-order chi connectivity index (χ1) is 14.4. The fourth-order valence-electron chi connectivity index (χ4n) is 4.41. The molecule has 158 valence electrons. The van der Waals surface area contributed by atoms with Crippen molar-refractivity contribution in [3.63, 3.8) is 0 Å². The van der Waals surface area contributed by atoms with Gasteiger partial charge in [0.1, 0.15) is 11.9 Å². The van der Waals surface area contributed by atoms with Crippen LogP contribution in [0.2, 0.25) is 0 Å². The maximum absolute atomic E-state index is 13.1. The molecule has 0 saturated carbocycles. The highest BCUT2D eigenvalue weighted by atomic mass is 32.1. The molecule has 7 nitrogen and oxygen atoms in total. The van der Waals surface area contributed by atoms with Gasteiger partial charge in [-0.25, -0.2) is 9.97 Å². The number of carbonyl (C=O) groups is 1. The quantitative estimate of drug-likeness (QED) is 0.749. The summed E-state index contributed by atoms with van der Waals surface area (Å²) in [5.74, 6) is 1.08. The first-order valence-corrected chi connectivity index (χ1v) is 11.2. The Kier molecular flexibility index (Phi) is 6.02. The van der Waals surface area contributed by atoms with Crippen LogP contribution in [-0.4, -0.2) is 59.7 Å². The average molecular weight is 426 g/mol. The molecule has 0 aliphatic carbocycles. The lowest BCUT2D eigenvalue weighted by atomic mass is 10.1. The molecule has 0 aromatic carbocycles. The molecular weight excluding hydrogens is 398 g/mol. The highest BCUT2D eigenvalue weighted by molar-refractivity contribution is 7.09. The van der Waals surface area contributed by atoms with Crippen molar-refractivity contribution < 1.29 is 9.53 Å². The van der Waals surface area contributed by atoms with Crippen LogP contribution in [0.1, 0.15) is 33.9 Å². The summed E-state index contributed by atoms with van der Waals surface area (Å²) in [5, 5.41) is 12.8. The molecule has 2 bridgehead atoms. The van der Waals surface area contributed by atoms with E-state index in [0.29, 0.717) is 44.7 Å². The van der Waals surface area contributed by atoms with Crippen LogP contribution in [0.3, 0.4) is 0 Å². The van der Waals surface area contributed by atoms with E-state index in [9.17, 15) is 10.1 Å². The van der Waals surface area contributed by atoms with E-state index < -0.39 is 0 Å². The zero-order valence-electron chi connectivity index (χ0n) is 17.7. The molecule has 30 heavy (non-hydrogen) atoms. The SMILES string of the molecule is Cc1cc(C)c(C#N)c(N2C[C@@H]3COC[C@H](C2)N(C(=O)CCc2csc(C)n2)C3)n1. The fraction of sp³-hybridized carbons (Fsp3) is 0.545. The number of rotatable bonds is 4. The maximum atomic E-state index is 13.1. The van der Waals surface area contributed by atoms with Crippen molar-refractivity contribution >= 4 is 23.1 Å². The zero-order chi connectivity index (χ0) is 21.3. The Morgan fingerprint density at radius 3 is 2.83 bits per heavy atom. The molecule has 0 N–H and O–H groups in total. The molecule has 0 radical (unpaired) electrons. The van der Waals surface area contributed by atoms with E-state index in [-0.39, 0.29) is 17.9 Å². The molecule has 2 saturated heterocycles. The largest absolute Gasteiger partial charge is 0.379 e. The maximum Gasteiger partial charge on any atom is 0.223 e. The van der Waals surface area contributed by atoms with Gasteiger partial charge in [0.15, 0.2) is 0 Å². The van der Waals surface area contributed by atoms with Crippen molar-refractivity contribution in [1.29, 1.82) is 5.26 Å². The molecule has 2 aromatic rings. The van der Waals surface area contributed by atoms with Gasteiger partial charge in [0.05, 0.1) is 35.5 Å². The van der Waals surface area contributed by atoms with Crippen molar-refractivity contribution in [3.8, 4) is 6.07 Å². The number of anilines is 1. The van der Waals surface area contributed by atoms with Crippen LogP contribution in [0.25, 0.3) is 0 Å². The third-order valence-corrected chi connectivity index (χ3v) is 6.61. The number of pyridine rings is 1. The lowest BCUT2D eigenvalue weighted by molar-refractivity contribution is -0.133. The molecule has 1 amide bonds. The summed E-state index contributed by atoms with van der Waals surface area (Å²) >= 11 is 1.62. The number of thiazole rings is 1. The Balaban J connectivity index is 1.54. The Hall–Kier alpha value is -2.50. The first-order valence-electron chi connectivity index (χ1n) is 10.4. The summed E-state index contributed by atoms with van der Waals surface area (Å²) in [7, 11) is 0. The lowest BCUT2D eigenvalue weighted by Gasteiger charge is -2.32. The van der Waals surface area contributed by atoms with Crippen LogP contribution in [-0.2, 0) is 16.0 Å². The summed E-state index contributed by atoms with van der Waals surface area (Å²) in [5.41, 5.74) is 3.45. The second kappa shape index (κ2) is 8.70. The molecule has 0 spiro atoms. The van der Waals surface area contributed by atoms with Crippen LogP contribution in [0.4, 0.5) is 5.82 Å². The fourth-order valence-corrected chi connectivity index (χ4v) is 5.05. The van der Waals surface area contributed by atoms with Gasteiger partial charge in [0, 0.05) is 43.0 Å². The minimum Gasteiger partial charge on any atom is -0.379 e. The molecule has 4 heterocycles. The number of aryl methyl sites for hydroxylation is 4. The topological polar surface area (TPSA) is 82.4 Å². The molecular formula is C22H27N5O2S. The number of amides is 1. The number of nitrogens with zero attached hydrogens (tertiary/aromatic N) is 5. The standard InChI is InChI=1S/C22H27N5O2S/c1-14-6-15(2)24-22(20(14)7-23)26-8-17-9-27(19(10-26)12-29-11-17)21(28)5-4-18-13-30-16(3)25-18/h6,13,17,19H,4-5,8-12H2,1-3H3/t17-,19-/m0/s1. The summed E-state index contributed by atoms with van der Waals surface area (Å²) in [6, 6.07) is 4.23. The highest BCUT2D eigenvalue weighted by Gasteiger charge is 2.36. The van der Waals surface area contributed by atoms with Gasteiger partial charge in [-0.05, 0) is 38.8 Å². The van der Waals surface area contributed by atoms with E-state index >= 15 is 0 Å². The molecule has 8 heteroatoms. The summed E-state index contributed by atoms with van der Waals surface area (Å²) in [6.45, 7) is 9.07. The number of nitriles is 1. The lowest BCUT2D eigenvalue weighted by Crippen LogP contribution is -2.47. The van der Waals surface area contributed by atoms with E-state index in [1.165, 1.54) is 0 Å². The van der Waals surface area contributed by atoms with Gasteiger partial charge in [0.25, 0.3) is 0 Å². The van der Waals surface area contributed by atoms with E-state index in [0.717, 1.165) is 34.3 Å². The molecule has 2 atom stereocenters. The third-order valence-electron chi connectivity index (χ3n) is 5.79. The van der Waals surface area contributed by atoms with Crippen molar-refractivity contribution in [2.75, 3.05) is 37.7 Å². The monoisotopic (exact) mass is 425 g/mol. The Bertz CT molecular complexity index is 982. The van der Waals surface area contributed by atoms with E-state index in [1.54, 1.807) is 11.3 Å². The van der Waals surface area contributed by atoms with Crippen LogP contribution in [0.5, 0.6) is 0 Å². The molecule has 4 rings (SSSR count). The average Bonchev–Trinajstić information content (AvgIpc) is 2.90. The molecule has 2 fully saturated rings. The van der Waals surface area contributed by atoms with Crippen LogP contribution in [0.15, 0.2) is 11.4 Å².